The fourth-order valence-corrected chi connectivity index (χ4v) is 2.06. The van der Waals surface area contributed by atoms with E-state index in [0.717, 1.165) is 0 Å². The Labute approximate surface area is 105 Å². The Hall–Kier alpha value is -1.01. The molecular weight excluding hydrogens is 294 g/mol. The molecule has 0 aliphatic heterocycles. The highest BCUT2D eigenvalue weighted by molar-refractivity contribution is 9.10. The van der Waals surface area contributed by atoms with Gasteiger partial charge in [-0.25, -0.2) is 8.78 Å². The van der Waals surface area contributed by atoms with E-state index >= 15 is 0 Å². The van der Waals surface area contributed by atoms with Crippen LogP contribution < -0.4 is 0 Å². The van der Waals surface area contributed by atoms with Crippen LogP contribution in [0.3, 0.4) is 0 Å². The van der Waals surface area contributed by atoms with Crippen molar-refractivity contribution in [2.75, 3.05) is 0 Å². The predicted octanol–water partition coefficient (Wildman–Crippen LogP) is 2.85. The fraction of sp³-hybridized carbons (Fsp3) is 0.364. The van der Waals surface area contributed by atoms with Gasteiger partial charge in [-0.3, -0.25) is 4.68 Å². The molecule has 0 amide bonds. The van der Waals surface area contributed by atoms with E-state index in [4.69, 9.17) is 0 Å². The van der Waals surface area contributed by atoms with Gasteiger partial charge in [0, 0.05) is 5.39 Å². The summed E-state index contributed by atoms with van der Waals surface area (Å²) in [6.07, 6.45) is 1.44. The highest BCUT2D eigenvalue weighted by Crippen LogP contribution is 2.27. The van der Waals surface area contributed by atoms with Crippen molar-refractivity contribution in [3.63, 3.8) is 0 Å². The molecule has 0 unspecified atom stereocenters. The van der Waals surface area contributed by atoms with Crippen molar-refractivity contribution >= 4 is 26.8 Å². The lowest BCUT2D eigenvalue weighted by Gasteiger charge is -2.17. The van der Waals surface area contributed by atoms with Crippen LogP contribution in [0.25, 0.3) is 10.9 Å². The van der Waals surface area contributed by atoms with Crippen LogP contribution in [0.5, 0.6) is 0 Å². The Balaban J connectivity index is 2.64. The van der Waals surface area contributed by atoms with E-state index in [1.165, 1.54) is 16.9 Å². The summed E-state index contributed by atoms with van der Waals surface area (Å²) in [5.41, 5.74) is -0.984. The summed E-state index contributed by atoms with van der Waals surface area (Å²) in [7, 11) is 0. The molecule has 1 aromatic heterocycles. The maximum absolute atomic E-state index is 13.8. The van der Waals surface area contributed by atoms with Crippen LogP contribution in [0.4, 0.5) is 8.78 Å². The van der Waals surface area contributed by atoms with Gasteiger partial charge in [-0.05, 0) is 35.8 Å². The fourth-order valence-electron chi connectivity index (χ4n) is 1.64. The van der Waals surface area contributed by atoms with Gasteiger partial charge in [0.2, 0.25) is 0 Å². The molecule has 0 bridgehead atoms. The number of rotatable bonds is 2. The van der Waals surface area contributed by atoms with Gasteiger partial charge in [-0.15, -0.1) is 0 Å². The second-order valence-electron chi connectivity index (χ2n) is 4.54. The number of halogens is 3. The molecule has 0 aliphatic carbocycles. The van der Waals surface area contributed by atoms with Crippen molar-refractivity contribution in [1.29, 1.82) is 0 Å². The van der Waals surface area contributed by atoms with Gasteiger partial charge in [0.1, 0.15) is 5.52 Å². The zero-order valence-corrected chi connectivity index (χ0v) is 10.9. The SMILES string of the molecule is CC(C)(O)Cn1ncc2cc(Br)c(F)c(F)c21. The lowest BCUT2D eigenvalue weighted by molar-refractivity contribution is 0.0589. The molecule has 1 N–H and O–H groups in total. The number of aliphatic hydroxyl groups is 1. The van der Waals surface area contributed by atoms with Crippen molar-refractivity contribution in [3.8, 4) is 0 Å². The van der Waals surface area contributed by atoms with E-state index in [9.17, 15) is 13.9 Å². The van der Waals surface area contributed by atoms with Gasteiger partial charge >= 0.3 is 0 Å². The zero-order valence-electron chi connectivity index (χ0n) is 9.34. The van der Waals surface area contributed by atoms with Crippen molar-refractivity contribution in [3.05, 3.63) is 28.4 Å². The maximum atomic E-state index is 13.8. The van der Waals surface area contributed by atoms with E-state index < -0.39 is 17.2 Å². The van der Waals surface area contributed by atoms with Gasteiger partial charge in [0.15, 0.2) is 11.6 Å². The molecule has 0 aliphatic rings. The monoisotopic (exact) mass is 304 g/mol. The second kappa shape index (κ2) is 4.03. The Kier molecular flexibility index (Phi) is 2.95. The summed E-state index contributed by atoms with van der Waals surface area (Å²) in [5, 5.41) is 14.1. The first kappa shape index (κ1) is 12.4. The lowest BCUT2D eigenvalue weighted by Crippen LogP contribution is -2.26. The van der Waals surface area contributed by atoms with E-state index in [1.54, 1.807) is 13.8 Å². The molecule has 92 valence electrons. The largest absolute Gasteiger partial charge is 0.389 e. The van der Waals surface area contributed by atoms with Crippen LogP contribution in [-0.2, 0) is 6.54 Å². The Morgan fingerprint density at radius 1 is 1.41 bits per heavy atom. The highest BCUT2D eigenvalue weighted by atomic mass is 79.9. The topological polar surface area (TPSA) is 38.0 Å². The van der Waals surface area contributed by atoms with Crippen molar-refractivity contribution in [2.24, 2.45) is 0 Å². The first-order valence-corrected chi connectivity index (χ1v) is 5.80. The number of hydrogen-bond donors (Lipinski definition) is 1. The normalized spacial score (nSPS) is 12.4. The van der Waals surface area contributed by atoms with Crippen molar-refractivity contribution in [1.82, 2.24) is 9.78 Å². The van der Waals surface area contributed by atoms with Gasteiger partial charge in [0.25, 0.3) is 0 Å². The molecule has 1 aromatic carbocycles. The molecule has 2 aromatic rings. The van der Waals surface area contributed by atoms with Crippen LogP contribution in [0.2, 0.25) is 0 Å². The summed E-state index contributed by atoms with van der Waals surface area (Å²) in [4.78, 5) is 0. The third-order valence-electron chi connectivity index (χ3n) is 2.30. The molecule has 0 spiro atoms. The highest BCUT2D eigenvalue weighted by Gasteiger charge is 2.20. The lowest BCUT2D eigenvalue weighted by atomic mass is 10.1. The molecule has 17 heavy (non-hydrogen) atoms. The molecular formula is C11H11BrF2N2O. The van der Waals surface area contributed by atoms with E-state index in [0.29, 0.717) is 5.39 Å². The first-order chi connectivity index (χ1) is 7.79. The van der Waals surface area contributed by atoms with Crippen LogP contribution in [0, 0.1) is 11.6 Å². The molecule has 2 rings (SSSR count). The number of nitrogens with zero attached hydrogens (tertiary/aromatic N) is 2. The van der Waals surface area contributed by atoms with Gasteiger partial charge in [-0.1, -0.05) is 0 Å². The Morgan fingerprint density at radius 3 is 2.65 bits per heavy atom. The first-order valence-electron chi connectivity index (χ1n) is 5.01. The van der Waals surface area contributed by atoms with Crippen molar-refractivity contribution < 1.29 is 13.9 Å². The molecule has 0 atom stereocenters. The summed E-state index contributed by atoms with van der Waals surface area (Å²) >= 11 is 2.94. The van der Waals surface area contributed by atoms with Crippen LogP contribution in [0.15, 0.2) is 16.7 Å². The molecule has 0 saturated heterocycles. The maximum Gasteiger partial charge on any atom is 0.185 e. The molecule has 6 heteroatoms. The second-order valence-corrected chi connectivity index (χ2v) is 5.39. The van der Waals surface area contributed by atoms with Crippen molar-refractivity contribution in [2.45, 2.75) is 26.0 Å². The quantitative estimate of drug-likeness (QED) is 0.866. The minimum atomic E-state index is -1.05. The number of hydrogen-bond acceptors (Lipinski definition) is 2. The minimum absolute atomic E-state index is 0.0605. The van der Waals surface area contributed by atoms with Gasteiger partial charge in [0.05, 0.1) is 22.8 Å². The average molecular weight is 305 g/mol. The Morgan fingerprint density at radius 2 is 2.06 bits per heavy atom. The average Bonchev–Trinajstić information content (AvgIpc) is 2.55. The predicted molar refractivity (Wildman–Crippen MR) is 63.6 cm³/mol. The molecule has 0 saturated carbocycles. The van der Waals surface area contributed by atoms with E-state index in [-0.39, 0.29) is 16.5 Å². The molecule has 3 nitrogen and oxygen atoms in total. The molecule has 0 radical (unpaired) electrons. The van der Waals surface area contributed by atoms with Crippen LogP contribution in [0.1, 0.15) is 13.8 Å². The van der Waals surface area contributed by atoms with Gasteiger partial charge < -0.3 is 5.11 Å². The van der Waals surface area contributed by atoms with E-state index in [2.05, 4.69) is 21.0 Å². The third kappa shape index (κ3) is 2.32. The zero-order chi connectivity index (χ0) is 12.8. The number of fused-ring (bicyclic) bond motifs is 1. The van der Waals surface area contributed by atoms with Gasteiger partial charge in [-0.2, -0.15) is 5.10 Å². The summed E-state index contributed by atoms with van der Waals surface area (Å²) < 4.78 is 28.5. The summed E-state index contributed by atoms with van der Waals surface area (Å²) in [6.45, 7) is 3.25. The smallest absolute Gasteiger partial charge is 0.185 e. The van der Waals surface area contributed by atoms with Crippen LogP contribution in [-0.4, -0.2) is 20.5 Å². The minimum Gasteiger partial charge on any atom is -0.389 e. The summed E-state index contributed by atoms with van der Waals surface area (Å²) in [5.74, 6) is -1.91. The standard InChI is InChI=1S/C11H11BrF2N2O/c1-11(2,17)5-16-10-6(4-15-16)3-7(12)8(13)9(10)14/h3-4,17H,5H2,1-2H3. The summed E-state index contributed by atoms with van der Waals surface area (Å²) in [6, 6.07) is 1.46. The molecule has 0 fully saturated rings. The van der Waals surface area contributed by atoms with Crippen LogP contribution >= 0.6 is 15.9 Å². The molecule has 1 heterocycles. The third-order valence-corrected chi connectivity index (χ3v) is 2.87. The number of benzene rings is 1. The number of aromatic nitrogens is 2. The Bertz CT molecular complexity index is 575. The van der Waals surface area contributed by atoms with E-state index in [1.807, 2.05) is 0 Å².